The summed E-state index contributed by atoms with van der Waals surface area (Å²) in [6, 6.07) is 22.5. The van der Waals surface area contributed by atoms with Crippen molar-refractivity contribution >= 4 is 23.7 Å². The molecule has 0 aliphatic carbocycles. The second-order valence-corrected chi connectivity index (χ2v) is 7.30. The third kappa shape index (κ3) is 7.35. The average molecular weight is 440 g/mol. The minimum atomic E-state index is -1.12. The second kappa shape index (κ2) is 11.0. The molecule has 0 aliphatic rings. The zero-order valence-electron chi connectivity index (χ0n) is 16.7. The number of carboxylic acids is 1. The summed E-state index contributed by atoms with van der Waals surface area (Å²) in [5.74, 6) is -0.400. The van der Waals surface area contributed by atoms with Gasteiger partial charge < -0.3 is 19.9 Å². The number of hydrogen-bond donors (Lipinski definition) is 2. The quantitative estimate of drug-likeness (QED) is 0.498. The van der Waals surface area contributed by atoms with Crippen LogP contribution in [0.1, 0.15) is 16.7 Å². The lowest BCUT2D eigenvalue weighted by atomic mass is 10.1. The van der Waals surface area contributed by atoms with Gasteiger partial charge in [0.05, 0.1) is 0 Å². The third-order valence-corrected chi connectivity index (χ3v) is 4.74. The van der Waals surface area contributed by atoms with Gasteiger partial charge in [-0.3, -0.25) is 0 Å². The normalized spacial score (nSPS) is 11.4. The summed E-state index contributed by atoms with van der Waals surface area (Å²) in [5.41, 5.74) is 2.55. The van der Waals surface area contributed by atoms with E-state index in [9.17, 15) is 14.7 Å². The Hall–Kier alpha value is -3.51. The summed E-state index contributed by atoms with van der Waals surface area (Å²) in [6.07, 6.45) is -0.605. The maximum atomic E-state index is 12.0. The molecule has 1 atom stereocenters. The van der Waals surface area contributed by atoms with Crippen molar-refractivity contribution in [2.45, 2.75) is 25.7 Å². The zero-order valence-corrected chi connectivity index (χ0v) is 17.4. The fourth-order valence-electron chi connectivity index (χ4n) is 2.81. The van der Waals surface area contributed by atoms with Gasteiger partial charge in [-0.1, -0.05) is 66.2 Å². The summed E-state index contributed by atoms with van der Waals surface area (Å²) >= 11 is 5.85. The number of halogens is 1. The number of carbonyl (C=O) groups is 2. The highest BCUT2D eigenvalue weighted by molar-refractivity contribution is 6.30. The predicted molar refractivity (Wildman–Crippen MR) is 117 cm³/mol. The summed E-state index contributed by atoms with van der Waals surface area (Å²) in [5, 5.41) is 12.4. The van der Waals surface area contributed by atoms with Crippen LogP contribution in [0.3, 0.4) is 0 Å². The van der Waals surface area contributed by atoms with Gasteiger partial charge in [0.2, 0.25) is 0 Å². The molecule has 0 spiro atoms. The van der Waals surface area contributed by atoms with E-state index in [1.807, 2.05) is 42.5 Å². The van der Waals surface area contributed by atoms with Crippen LogP contribution in [0.5, 0.6) is 5.75 Å². The van der Waals surface area contributed by atoms with Crippen LogP contribution in [-0.2, 0) is 29.2 Å². The van der Waals surface area contributed by atoms with Crippen LogP contribution in [0.25, 0.3) is 0 Å². The van der Waals surface area contributed by atoms with Gasteiger partial charge in [-0.05, 0) is 41.0 Å². The highest BCUT2D eigenvalue weighted by Gasteiger charge is 2.21. The van der Waals surface area contributed by atoms with Crippen LogP contribution in [0.2, 0.25) is 5.02 Å². The molecule has 0 radical (unpaired) electrons. The summed E-state index contributed by atoms with van der Waals surface area (Å²) in [4.78, 5) is 23.5. The molecule has 6 nitrogen and oxygen atoms in total. The molecule has 0 aromatic heterocycles. The fourth-order valence-corrected chi connectivity index (χ4v) is 2.94. The molecule has 1 amide bonds. The Morgan fingerprint density at radius 2 is 1.45 bits per heavy atom. The highest BCUT2D eigenvalue weighted by Crippen LogP contribution is 2.17. The number of aliphatic carboxylic acids is 1. The molecule has 0 saturated carbocycles. The standard InChI is InChI=1S/C24H22ClNO5/c25-20-10-12-21(13-11-20)30-15-18-6-8-19(9-7-18)16-31-24(29)26-22(23(27)28)14-17-4-2-1-3-5-17/h1-13,22H,14-16H2,(H,26,29)(H,27,28). The van der Waals surface area contributed by atoms with E-state index in [1.54, 1.807) is 36.4 Å². The first-order valence-electron chi connectivity index (χ1n) is 9.66. The monoisotopic (exact) mass is 439 g/mol. The molecule has 0 heterocycles. The van der Waals surface area contributed by atoms with Crippen molar-refractivity contribution in [2.24, 2.45) is 0 Å². The lowest BCUT2D eigenvalue weighted by Gasteiger charge is -2.15. The molecule has 0 bridgehead atoms. The number of ether oxygens (including phenoxy) is 2. The topological polar surface area (TPSA) is 84.9 Å². The Balaban J connectivity index is 1.45. The fraction of sp³-hybridized carbons (Fsp3) is 0.167. The number of carboxylic acid groups (broad SMARTS) is 1. The second-order valence-electron chi connectivity index (χ2n) is 6.86. The molecule has 1 unspecified atom stereocenters. The number of amides is 1. The number of alkyl carbamates (subject to hydrolysis) is 1. The van der Waals surface area contributed by atoms with E-state index < -0.39 is 18.1 Å². The number of benzene rings is 3. The smallest absolute Gasteiger partial charge is 0.408 e. The van der Waals surface area contributed by atoms with Crippen molar-refractivity contribution in [3.05, 3.63) is 101 Å². The van der Waals surface area contributed by atoms with Crippen molar-refractivity contribution in [2.75, 3.05) is 0 Å². The Morgan fingerprint density at radius 1 is 0.839 bits per heavy atom. The van der Waals surface area contributed by atoms with Gasteiger partial charge in [0.15, 0.2) is 0 Å². The molecule has 0 fully saturated rings. The van der Waals surface area contributed by atoms with Gasteiger partial charge in [-0.15, -0.1) is 0 Å². The van der Waals surface area contributed by atoms with E-state index >= 15 is 0 Å². The van der Waals surface area contributed by atoms with Crippen molar-refractivity contribution in [3.8, 4) is 5.75 Å². The lowest BCUT2D eigenvalue weighted by molar-refractivity contribution is -0.139. The highest BCUT2D eigenvalue weighted by atomic mass is 35.5. The number of rotatable bonds is 9. The Morgan fingerprint density at radius 3 is 2.06 bits per heavy atom. The molecule has 3 rings (SSSR count). The van der Waals surface area contributed by atoms with Gasteiger partial charge in [0.25, 0.3) is 0 Å². The molecule has 160 valence electrons. The van der Waals surface area contributed by atoms with Gasteiger partial charge in [0.1, 0.15) is 25.0 Å². The zero-order chi connectivity index (χ0) is 22.1. The van der Waals surface area contributed by atoms with E-state index in [0.717, 1.165) is 22.4 Å². The summed E-state index contributed by atoms with van der Waals surface area (Å²) in [7, 11) is 0. The first kappa shape index (κ1) is 22.2. The molecule has 3 aromatic carbocycles. The minimum absolute atomic E-state index is 0.0296. The summed E-state index contributed by atoms with van der Waals surface area (Å²) < 4.78 is 10.9. The molecule has 3 aromatic rings. The van der Waals surface area contributed by atoms with Crippen LogP contribution >= 0.6 is 11.6 Å². The van der Waals surface area contributed by atoms with Crippen molar-refractivity contribution < 1.29 is 24.2 Å². The van der Waals surface area contributed by atoms with Crippen LogP contribution in [0.15, 0.2) is 78.9 Å². The maximum absolute atomic E-state index is 12.0. The Labute approximate surface area is 185 Å². The van der Waals surface area contributed by atoms with Crippen LogP contribution in [-0.4, -0.2) is 23.2 Å². The predicted octanol–water partition coefficient (Wildman–Crippen LogP) is 4.84. The van der Waals surface area contributed by atoms with Crippen molar-refractivity contribution in [1.82, 2.24) is 5.32 Å². The van der Waals surface area contributed by atoms with Crippen LogP contribution in [0.4, 0.5) is 4.79 Å². The first-order chi connectivity index (χ1) is 15.0. The molecular formula is C24H22ClNO5. The Kier molecular flexibility index (Phi) is 7.90. The molecule has 0 saturated heterocycles. The van der Waals surface area contributed by atoms with Crippen LogP contribution in [0, 0.1) is 0 Å². The van der Waals surface area contributed by atoms with E-state index in [-0.39, 0.29) is 13.0 Å². The molecular weight excluding hydrogens is 418 g/mol. The number of nitrogens with one attached hydrogen (secondary N) is 1. The molecule has 2 N–H and O–H groups in total. The average Bonchev–Trinajstić information content (AvgIpc) is 2.78. The Bertz CT molecular complexity index is 991. The third-order valence-electron chi connectivity index (χ3n) is 4.48. The van der Waals surface area contributed by atoms with Crippen LogP contribution < -0.4 is 10.1 Å². The van der Waals surface area contributed by atoms with Gasteiger partial charge in [-0.25, -0.2) is 9.59 Å². The number of carbonyl (C=O) groups excluding carboxylic acids is 1. The van der Waals surface area contributed by atoms with E-state index in [1.165, 1.54) is 0 Å². The summed E-state index contributed by atoms with van der Waals surface area (Å²) in [6.45, 7) is 0.421. The SMILES string of the molecule is O=C(NC(Cc1ccccc1)C(=O)O)OCc1ccc(COc2ccc(Cl)cc2)cc1. The van der Waals surface area contributed by atoms with Crippen molar-refractivity contribution in [1.29, 1.82) is 0 Å². The number of hydrogen-bond acceptors (Lipinski definition) is 4. The van der Waals surface area contributed by atoms with E-state index in [0.29, 0.717) is 11.6 Å². The van der Waals surface area contributed by atoms with Gasteiger partial charge in [-0.2, -0.15) is 0 Å². The van der Waals surface area contributed by atoms with E-state index in [4.69, 9.17) is 21.1 Å². The maximum Gasteiger partial charge on any atom is 0.408 e. The van der Waals surface area contributed by atoms with E-state index in [2.05, 4.69) is 5.32 Å². The minimum Gasteiger partial charge on any atom is -0.489 e. The lowest BCUT2D eigenvalue weighted by Crippen LogP contribution is -2.42. The molecule has 7 heteroatoms. The van der Waals surface area contributed by atoms with Crippen molar-refractivity contribution in [3.63, 3.8) is 0 Å². The molecule has 31 heavy (non-hydrogen) atoms. The van der Waals surface area contributed by atoms with Gasteiger partial charge >= 0.3 is 12.1 Å². The first-order valence-corrected chi connectivity index (χ1v) is 10.0. The largest absolute Gasteiger partial charge is 0.489 e. The van der Waals surface area contributed by atoms with Gasteiger partial charge in [0, 0.05) is 11.4 Å². The molecule has 0 aliphatic heterocycles.